The van der Waals surface area contributed by atoms with Crippen molar-refractivity contribution in [3.63, 3.8) is 0 Å². The maximum Gasteiger partial charge on any atom is 0.0207 e. The molecule has 3 heteroatoms. The first-order valence-electron chi connectivity index (χ1n) is 3.98. The Kier molecular flexibility index (Phi) is 3.12. The molecular formula is C7H17N3. The first kappa shape index (κ1) is 7.98. The second-order valence-corrected chi connectivity index (χ2v) is 3.07. The van der Waals surface area contributed by atoms with Crippen LogP contribution >= 0.6 is 0 Å². The minimum absolute atomic E-state index is 0.317. The molecule has 4 N–H and O–H groups in total. The van der Waals surface area contributed by atoms with Crippen molar-refractivity contribution in [3.8, 4) is 0 Å². The van der Waals surface area contributed by atoms with Crippen LogP contribution < -0.4 is 16.4 Å². The first-order valence-corrected chi connectivity index (χ1v) is 3.98. The third kappa shape index (κ3) is 2.64. The van der Waals surface area contributed by atoms with Crippen LogP contribution in [0.2, 0.25) is 0 Å². The van der Waals surface area contributed by atoms with Gasteiger partial charge in [-0.3, -0.25) is 0 Å². The molecule has 10 heavy (non-hydrogen) atoms. The van der Waals surface area contributed by atoms with Gasteiger partial charge in [-0.25, -0.2) is 0 Å². The Morgan fingerprint density at radius 2 is 2.40 bits per heavy atom. The van der Waals surface area contributed by atoms with Crippen LogP contribution in [-0.2, 0) is 0 Å². The Hall–Kier alpha value is -0.120. The summed E-state index contributed by atoms with van der Waals surface area (Å²) in [5, 5.41) is 6.73. The van der Waals surface area contributed by atoms with Gasteiger partial charge in [0.2, 0.25) is 0 Å². The highest BCUT2D eigenvalue weighted by Gasteiger charge is 2.12. The van der Waals surface area contributed by atoms with Gasteiger partial charge in [-0.1, -0.05) is 0 Å². The van der Waals surface area contributed by atoms with Crippen LogP contribution in [0, 0.1) is 0 Å². The molecule has 0 aromatic carbocycles. The van der Waals surface area contributed by atoms with Crippen LogP contribution in [0.5, 0.6) is 0 Å². The topological polar surface area (TPSA) is 50.1 Å². The Balaban J connectivity index is 2.13. The quantitative estimate of drug-likeness (QED) is 0.478. The van der Waals surface area contributed by atoms with Gasteiger partial charge in [-0.15, -0.1) is 0 Å². The molecular weight excluding hydrogens is 126 g/mol. The molecule has 60 valence electrons. The molecule has 0 aromatic heterocycles. The summed E-state index contributed by atoms with van der Waals surface area (Å²) in [5.74, 6) is 0. The fraction of sp³-hybridized carbons (Fsp3) is 1.00. The van der Waals surface area contributed by atoms with Gasteiger partial charge in [0.05, 0.1) is 0 Å². The highest BCUT2D eigenvalue weighted by atomic mass is 15.1. The van der Waals surface area contributed by atoms with Gasteiger partial charge in [0.25, 0.3) is 0 Å². The van der Waals surface area contributed by atoms with E-state index in [1.165, 1.54) is 0 Å². The van der Waals surface area contributed by atoms with E-state index in [2.05, 4.69) is 17.6 Å². The van der Waals surface area contributed by atoms with Gasteiger partial charge in [0.15, 0.2) is 0 Å². The monoisotopic (exact) mass is 143 g/mol. The maximum absolute atomic E-state index is 5.66. The molecule has 0 saturated carbocycles. The van der Waals surface area contributed by atoms with Crippen molar-refractivity contribution in [2.45, 2.75) is 25.4 Å². The summed E-state index contributed by atoms with van der Waals surface area (Å²) >= 11 is 0. The van der Waals surface area contributed by atoms with Gasteiger partial charge in [0, 0.05) is 31.7 Å². The molecule has 1 heterocycles. The summed E-state index contributed by atoms with van der Waals surface area (Å²) in [7, 11) is 0. The summed E-state index contributed by atoms with van der Waals surface area (Å²) in [5.41, 5.74) is 5.66. The average Bonchev–Trinajstić information content (AvgIpc) is 1.88. The van der Waals surface area contributed by atoms with E-state index < -0.39 is 0 Å². The van der Waals surface area contributed by atoms with Crippen LogP contribution in [0.4, 0.5) is 0 Å². The number of nitrogens with two attached hydrogens (primary N) is 1. The largest absolute Gasteiger partial charge is 0.328 e. The molecule has 1 aliphatic heterocycles. The van der Waals surface area contributed by atoms with Gasteiger partial charge in [0.1, 0.15) is 0 Å². The summed E-state index contributed by atoms with van der Waals surface area (Å²) in [6, 6.07) is 0.908. The molecule has 0 bridgehead atoms. The molecule has 2 atom stereocenters. The Labute approximate surface area is 62.4 Å². The molecule has 0 unspecified atom stereocenters. The molecule has 1 aliphatic rings. The lowest BCUT2D eigenvalue weighted by Crippen LogP contribution is -2.50. The number of piperazine rings is 1. The second-order valence-electron chi connectivity index (χ2n) is 3.07. The number of nitrogens with one attached hydrogen (secondary N) is 2. The van der Waals surface area contributed by atoms with Crippen LogP contribution in [0.1, 0.15) is 13.3 Å². The number of hydrogen-bond acceptors (Lipinski definition) is 3. The normalized spacial score (nSPS) is 30.0. The Bertz CT molecular complexity index is 86.9. The summed E-state index contributed by atoms with van der Waals surface area (Å²) < 4.78 is 0. The lowest BCUT2D eigenvalue weighted by Gasteiger charge is -2.25. The zero-order chi connectivity index (χ0) is 7.40. The average molecular weight is 143 g/mol. The molecule has 0 spiro atoms. The van der Waals surface area contributed by atoms with Crippen molar-refractivity contribution in [1.29, 1.82) is 0 Å². The lowest BCUT2D eigenvalue weighted by atomic mass is 10.1. The Morgan fingerprint density at radius 3 is 2.90 bits per heavy atom. The zero-order valence-corrected chi connectivity index (χ0v) is 6.56. The Morgan fingerprint density at radius 1 is 1.60 bits per heavy atom. The van der Waals surface area contributed by atoms with Gasteiger partial charge in [-0.2, -0.15) is 0 Å². The van der Waals surface area contributed by atoms with Crippen molar-refractivity contribution in [1.82, 2.24) is 10.6 Å². The van der Waals surface area contributed by atoms with E-state index in [1.807, 2.05) is 0 Å². The highest BCUT2D eigenvalue weighted by molar-refractivity contribution is 4.77. The predicted octanol–water partition coefficient (Wildman–Crippen LogP) is -0.715. The third-order valence-corrected chi connectivity index (χ3v) is 1.78. The predicted molar refractivity (Wildman–Crippen MR) is 42.9 cm³/mol. The molecule has 1 saturated heterocycles. The number of hydrogen-bond donors (Lipinski definition) is 3. The van der Waals surface area contributed by atoms with E-state index in [0.29, 0.717) is 12.1 Å². The fourth-order valence-corrected chi connectivity index (χ4v) is 1.33. The first-order chi connectivity index (χ1) is 4.79. The minimum atomic E-state index is 0.317. The smallest absolute Gasteiger partial charge is 0.0207 e. The van der Waals surface area contributed by atoms with Crippen LogP contribution in [0.25, 0.3) is 0 Å². The van der Waals surface area contributed by atoms with E-state index in [0.717, 1.165) is 26.1 Å². The van der Waals surface area contributed by atoms with Crippen molar-refractivity contribution in [3.05, 3.63) is 0 Å². The highest BCUT2D eigenvalue weighted by Crippen LogP contribution is 1.96. The molecule has 1 rings (SSSR count). The lowest BCUT2D eigenvalue weighted by molar-refractivity contribution is 0.382. The van der Waals surface area contributed by atoms with E-state index >= 15 is 0 Å². The summed E-state index contributed by atoms with van der Waals surface area (Å²) in [6.45, 7) is 5.30. The fourth-order valence-electron chi connectivity index (χ4n) is 1.33. The zero-order valence-electron chi connectivity index (χ0n) is 6.56. The van der Waals surface area contributed by atoms with Gasteiger partial charge in [-0.05, 0) is 13.3 Å². The molecule has 3 nitrogen and oxygen atoms in total. The van der Waals surface area contributed by atoms with Gasteiger partial charge >= 0.3 is 0 Å². The maximum atomic E-state index is 5.66. The van der Waals surface area contributed by atoms with Crippen molar-refractivity contribution in [2.24, 2.45) is 5.73 Å². The van der Waals surface area contributed by atoms with E-state index in [4.69, 9.17) is 5.73 Å². The standard InChI is InChI=1S/C7H17N3/c1-6(8)4-7-5-9-2-3-10-7/h6-7,9-10H,2-5,8H2,1H3/t6-,7-/m0/s1. The third-order valence-electron chi connectivity index (χ3n) is 1.78. The van der Waals surface area contributed by atoms with Crippen molar-refractivity contribution in [2.75, 3.05) is 19.6 Å². The second kappa shape index (κ2) is 3.91. The molecule has 0 amide bonds. The molecule has 0 aromatic rings. The minimum Gasteiger partial charge on any atom is -0.328 e. The molecule has 0 aliphatic carbocycles. The SMILES string of the molecule is C[C@H](N)C[C@H]1CNCCN1. The van der Waals surface area contributed by atoms with Crippen LogP contribution in [-0.4, -0.2) is 31.7 Å². The van der Waals surface area contributed by atoms with E-state index in [9.17, 15) is 0 Å². The number of rotatable bonds is 2. The van der Waals surface area contributed by atoms with Crippen molar-refractivity contribution >= 4 is 0 Å². The van der Waals surface area contributed by atoms with E-state index in [1.54, 1.807) is 0 Å². The van der Waals surface area contributed by atoms with Crippen LogP contribution in [0.15, 0.2) is 0 Å². The molecule has 1 fully saturated rings. The van der Waals surface area contributed by atoms with E-state index in [-0.39, 0.29) is 0 Å². The molecule has 0 radical (unpaired) electrons. The van der Waals surface area contributed by atoms with Crippen molar-refractivity contribution < 1.29 is 0 Å². The van der Waals surface area contributed by atoms with Crippen LogP contribution in [0.3, 0.4) is 0 Å². The van der Waals surface area contributed by atoms with Gasteiger partial charge < -0.3 is 16.4 Å². The summed E-state index contributed by atoms with van der Waals surface area (Å²) in [4.78, 5) is 0. The summed E-state index contributed by atoms with van der Waals surface area (Å²) in [6.07, 6.45) is 1.08.